The van der Waals surface area contributed by atoms with Crippen LogP contribution in [-0.4, -0.2) is 26.2 Å². The largest absolute Gasteiger partial charge is 0.375 e. The fourth-order valence-corrected chi connectivity index (χ4v) is 2.01. The van der Waals surface area contributed by atoms with Crippen molar-refractivity contribution in [3.63, 3.8) is 0 Å². The summed E-state index contributed by atoms with van der Waals surface area (Å²) in [4.78, 5) is 2.33. The number of anilines is 1. The fourth-order valence-electron chi connectivity index (χ4n) is 2.01. The minimum absolute atomic E-state index is 0.631. The Kier molecular flexibility index (Phi) is 6.06. The maximum Gasteiger partial charge on any atom is 0.0363 e. The van der Waals surface area contributed by atoms with Gasteiger partial charge in [0.05, 0.1) is 0 Å². The summed E-state index contributed by atoms with van der Waals surface area (Å²) in [6, 6.07) is 9.37. The Balaban J connectivity index is 2.29. The third kappa shape index (κ3) is 5.22. The van der Waals surface area contributed by atoms with Crippen LogP contribution in [0.3, 0.4) is 0 Å². The van der Waals surface area contributed by atoms with Crippen molar-refractivity contribution < 1.29 is 0 Å². The van der Waals surface area contributed by atoms with Crippen molar-refractivity contribution in [2.75, 3.05) is 25.0 Å². The Hall–Kier alpha value is -1.02. The van der Waals surface area contributed by atoms with Crippen molar-refractivity contribution in [1.82, 2.24) is 5.32 Å². The maximum absolute atomic E-state index is 3.45. The van der Waals surface area contributed by atoms with Crippen molar-refractivity contribution >= 4 is 5.69 Å². The molecule has 0 aliphatic carbocycles. The van der Waals surface area contributed by atoms with Crippen molar-refractivity contribution in [3.8, 4) is 0 Å². The zero-order chi connectivity index (χ0) is 12.7. The predicted octanol–water partition coefficient (Wildman–Crippen LogP) is 3.21. The molecule has 0 aromatic heterocycles. The van der Waals surface area contributed by atoms with Crippen molar-refractivity contribution in [3.05, 3.63) is 29.8 Å². The molecule has 0 saturated carbocycles. The Morgan fingerprint density at radius 3 is 2.47 bits per heavy atom. The summed E-state index contributed by atoms with van der Waals surface area (Å²) in [6.45, 7) is 8.74. The van der Waals surface area contributed by atoms with E-state index in [0.717, 1.165) is 13.1 Å². The average molecular weight is 234 g/mol. The monoisotopic (exact) mass is 234 g/mol. The lowest BCUT2D eigenvalue weighted by Gasteiger charge is -2.20. The highest BCUT2D eigenvalue weighted by atomic mass is 15.1. The van der Waals surface area contributed by atoms with E-state index in [1.807, 2.05) is 0 Å². The topological polar surface area (TPSA) is 15.3 Å². The van der Waals surface area contributed by atoms with Gasteiger partial charge in [0.2, 0.25) is 0 Å². The number of rotatable bonds is 7. The molecular formula is C15H26N2. The zero-order valence-corrected chi connectivity index (χ0v) is 11.7. The lowest BCUT2D eigenvalue weighted by atomic mass is 10.1. The van der Waals surface area contributed by atoms with Gasteiger partial charge in [-0.2, -0.15) is 0 Å². The van der Waals surface area contributed by atoms with Crippen LogP contribution >= 0.6 is 0 Å². The smallest absolute Gasteiger partial charge is 0.0363 e. The number of nitrogens with one attached hydrogen (secondary N) is 1. The van der Waals surface area contributed by atoms with Crippen molar-refractivity contribution in [2.45, 2.75) is 39.7 Å². The van der Waals surface area contributed by atoms with Gasteiger partial charge in [-0.25, -0.2) is 0 Å². The van der Waals surface area contributed by atoms with E-state index in [1.165, 1.54) is 24.1 Å². The molecular weight excluding hydrogens is 208 g/mol. The van der Waals surface area contributed by atoms with E-state index in [1.54, 1.807) is 0 Å². The fraction of sp³-hybridized carbons (Fsp3) is 0.600. The Labute approximate surface area is 106 Å². The summed E-state index contributed by atoms with van der Waals surface area (Å²) in [5.74, 6) is 0. The molecule has 0 spiro atoms. The highest BCUT2D eigenvalue weighted by Gasteiger charge is 2.03. The van der Waals surface area contributed by atoms with Gasteiger partial charge in [-0.3, -0.25) is 0 Å². The first kappa shape index (κ1) is 14.0. The SMILES string of the molecule is CCNC(C)CCCN(C)c1ccc(C)cc1. The molecule has 1 atom stereocenters. The van der Waals surface area contributed by atoms with E-state index < -0.39 is 0 Å². The van der Waals surface area contributed by atoms with E-state index in [9.17, 15) is 0 Å². The number of aryl methyl sites for hydroxylation is 1. The van der Waals surface area contributed by atoms with Gasteiger partial charge in [0.1, 0.15) is 0 Å². The Bertz CT molecular complexity index is 305. The predicted molar refractivity (Wildman–Crippen MR) is 76.8 cm³/mol. The second-order valence-electron chi connectivity index (χ2n) is 4.86. The van der Waals surface area contributed by atoms with Gasteiger partial charge < -0.3 is 10.2 Å². The molecule has 1 unspecified atom stereocenters. The van der Waals surface area contributed by atoms with Gasteiger partial charge in [0, 0.05) is 25.3 Å². The van der Waals surface area contributed by atoms with E-state index in [-0.39, 0.29) is 0 Å². The molecule has 1 aromatic carbocycles. The molecule has 1 aromatic rings. The molecule has 0 radical (unpaired) electrons. The third-order valence-electron chi connectivity index (χ3n) is 3.16. The van der Waals surface area contributed by atoms with Crippen LogP contribution in [0.2, 0.25) is 0 Å². The molecule has 0 amide bonds. The normalized spacial score (nSPS) is 12.5. The lowest BCUT2D eigenvalue weighted by molar-refractivity contribution is 0.513. The molecule has 0 saturated heterocycles. The van der Waals surface area contributed by atoms with Crippen LogP contribution in [0.25, 0.3) is 0 Å². The van der Waals surface area contributed by atoms with Crippen LogP contribution < -0.4 is 10.2 Å². The minimum Gasteiger partial charge on any atom is -0.375 e. The van der Waals surface area contributed by atoms with E-state index in [4.69, 9.17) is 0 Å². The summed E-state index contributed by atoms with van der Waals surface area (Å²) in [7, 11) is 2.17. The molecule has 0 heterocycles. The highest BCUT2D eigenvalue weighted by molar-refractivity contribution is 5.46. The molecule has 1 N–H and O–H groups in total. The Morgan fingerprint density at radius 1 is 1.24 bits per heavy atom. The van der Waals surface area contributed by atoms with Gasteiger partial charge in [-0.1, -0.05) is 24.6 Å². The molecule has 2 heteroatoms. The number of benzene rings is 1. The minimum atomic E-state index is 0.631. The summed E-state index contributed by atoms with van der Waals surface area (Å²) < 4.78 is 0. The van der Waals surface area contributed by atoms with Gasteiger partial charge in [-0.15, -0.1) is 0 Å². The van der Waals surface area contributed by atoms with Gasteiger partial charge >= 0.3 is 0 Å². The van der Waals surface area contributed by atoms with Crippen molar-refractivity contribution in [2.24, 2.45) is 0 Å². The molecule has 2 nitrogen and oxygen atoms in total. The summed E-state index contributed by atoms with van der Waals surface area (Å²) in [5.41, 5.74) is 2.63. The van der Waals surface area contributed by atoms with Crippen LogP contribution in [0.1, 0.15) is 32.3 Å². The van der Waals surface area contributed by atoms with Crippen LogP contribution in [0, 0.1) is 6.92 Å². The first-order valence-electron chi connectivity index (χ1n) is 6.64. The summed E-state index contributed by atoms with van der Waals surface area (Å²) in [6.07, 6.45) is 2.47. The second-order valence-corrected chi connectivity index (χ2v) is 4.86. The number of hydrogen-bond donors (Lipinski definition) is 1. The third-order valence-corrected chi connectivity index (χ3v) is 3.16. The summed E-state index contributed by atoms with van der Waals surface area (Å²) >= 11 is 0. The van der Waals surface area contributed by atoms with Gasteiger partial charge in [0.25, 0.3) is 0 Å². The van der Waals surface area contributed by atoms with Crippen LogP contribution in [0.5, 0.6) is 0 Å². The lowest BCUT2D eigenvalue weighted by Crippen LogP contribution is -2.27. The molecule has 96 valence electrons. The van der Waals surface area contributed by atoms with Crippen LogP contribution in [-0.2, 0) is 0 Å². The molecule has 0 bridgehead atoms. The molecule has 1 rings (SSSR count). The number of nitrogens with zero attached hydrogens (tertiary/aromatic N) is 1. The van der Waals surface area contributed by atoms with Gasteiger partial charge in [0.15, 0.2) is 0 Å². The van der Waals surface area contributed by atoms with E-state index >= 15 is 0 Å². The quantitative estimate of drug-likeness (QED) is 0.779. The second kappa shape index (κ2) is 7.33. The molecule has 0 aliphatic rings. The zero-order valence-electron chi connectivity index (χ0n) is 11.7. The first-order valence-corrected chi connectivity index (χ1v) is 6.64. The molecule has 0 fully saturated rings. The van der Waals surface area contributed by atoms with Crippen LogP contribution in [0.15, 0.2) is 24.3 Å². The summed E-state index contributed by atoms with van der Waals surface area (Å²) in [5, 5.41) is 3.45. The highest BCUT2D eigenvalue weighted by Crippen LogP contribution is 2.14. The maximum atomic E-state index is 3.45. The number of hydrogen-bond acceptors (Lipinski definition) is 2. The van der Waals surface area contributed by atoms with E-state index in [2.05, 4.69) is 62.3 Å². The van der Waals surface area contributed by atoms with Crippen molar-refractivity contribution in [1.29, 1.82) is 0 Å². The van der Waals surface area contributed by atoms with Gasteiger partial charge in [-0.05, 0) is 45.4 Å². The average Bonchev–Trinajstić information content (AvgIpc) is 2.30. The molecule has 17 heavy (non-hydrogen) atoms. The first-order chi connectivity index (χ1) is 8.13. The van der Waals surface area contributed by atoms with Crippen LogP contribution in [0.4, 0.5) is 5.69 Å². The standard InChI is InChI=1S/C15H26N2/c1-5-16-14(3)7-6-12-17(4)15-10-8-13(2)9-11-15/h8-11,14,16H,5-7,12H2,1-4H3. The van der Waals surface area contributed by atoms with E-state index in [0.29, 0.717) is 6.04 Å². The molecule has 0 aliphatic heterocycles. The Morgan fingerprint density at radius 2 is 1.88 bits per heavy atom.